The number of benzene rings is 1. The molecule has 4 nitrogen and oxygen atoms in total. The summed E-state index contributed by atoms with van der Waals surface area (Å²) < 4.78 is 10.6. The second-order valence-corrected chi connectivity index (χ2v) is 3.60. The molecule has 0 fully saturated rings. The fourth-order valence-electron chi connectivity index (χ4n) is 1.19. The number of aliphatic hydroxyl groups excluding tert-OH is 1. The Hall–Kier alpha value is -1.33. The van der Waals surface area contributed by atoms with Crippen LogP contribution < -0.4 is 15.2 Å². The minimum atomic E-state index is 0.104. The Kier molecular flexibility index (Phi) is 5.01. The molecule has 0 atom stereocenters. The Bertz CT molecular complexity index is 368. The number of aliphatic hydroxyl groups is 1. The second-order valence-electron chi connectivity index (χ2n) is 3.16. The highest BCUT2D eigenvalue weighted by Crippen LogP contribution is 2.28. The summed E-state index contributed by atoms with van der Waals surface area (Å²) in [5.41, 5.74) is 6.25. The zero-order chi connectivity index (χ0) is 12.0. The first kappa shape index (κ1) is 12.7. The average molecular weight is 241 g/mol. The number of hydrogen-bond donors (Lipinski definition) is 2. The zero-order valence-corrected chi connectivity index (χ0v) is 9.92. The van der Waals surface area contributed by atoms with Crippen LogP contribution in [-0.4, -0.2) is 30.4 Å². The molecule has 0 spiro atoms. The number of nitrogens with two attached hydrogens (primary N) is 1. The number of thiocarbonyl (C=S) groups is 1. The monoisotopic (exact) mass is 241 g/mol. The maximum Gasteiger partial charge on any atom is 0.161 e. The first-order valence-corrected chi connectivity index (χ1v) is 5.31. The smallest absolute Gasteiger partial charge is 0.161 e. The van der Waals surface area contributed by atoms with Gasteiger partial charge in [-0.3, -0.25) is 0 Å². The van der Waals surface area contributed by atoms with Crippen LogP contribution >= 0.6 is 12.2 Å². The van der Waals surface area contributed by atoms with Gasteiger partial charge < -0.3 is 20.3 Å². The minimum Gasteiger partial charge on any atom is -0.493 e. The molecular formula is C11H15NO3S. The molecule has 1 rings (SSSR count). The average Bonchev–Trinajstić information content (AvgIpc) is 2.29. The van der Waals surface area contributed by atoms with E-state index < -0.39 is 0 Å². The van der Waals surface area contributed by atoms with Crippen LogP contribution in [0.4, 0.5) is 0 Å². The van der Waals surface area contributed by atoms with Gasteiger partial charge in [0.05, 0.1) is 13.7 Å². The molecule has 1 aromatic rings. The van der Waals surface area contributed by atoms with Gasteiger partial charge >= 0.3 is 0 Å². The lowest BCUT2D eigenvalue weighted by Gasteiger charge is -2.11. The first-order valence-electron chi connectivity index (χ1n) is 4.90. The van der Waals surface area contributed by atoms with Crippen molar-refractivity contribution in [1.82, 2.24) is 0 Å². The summed E-state index contributed by atoms with van der Waals surface area (Å²) in [5.74, 6) is 1.21. The van der Waals surface area contributed by atoms with E-state index in [9.17, 15) is 0 Å². The first-order chi connectivity index (χ1) is 7.69. The van der Waals surface area contributed by atoms with Gasteiger partial charge in [-0.05, 0) is 18.2 Å². The van der Waals surface area contributed by atoms with E-state index in [-0.39, 0.29) is 6.61 Å². The van der Waals surface area contributed by atoms with Crippen molar-refractivity contribution in [3.05, 3.63) is 23.8 Å². The van der Waals surface area contributed by atoms with Crippen LogP contribution in [-0.2, 0) is 0 Å². The van der Waals surface area contributed by atoms with Crippen molar-refractivity contribution in [2.45, 2.75) is 6.42 Å². The molecule has 0 aliphatic heterocycles. The molecule has 5 heteroatoms. The molecule has 1 aromatic carbocycles. The summed E-state index contributed by atoms with van der Waals surface area (Å²) in [5, 5.41) is 8.64. The Morgan fingerprint density at radius 2 is 2.19 bits per heavy atom. The topological polar surface area (TPSA) is 64.7 Å². The van der Waals surface area contributed by atoms with Gasteiger partial charge in [-0.2, -0.15) is 0 Å². The number of ether oxygens (including phenoxy) is 2. The Labute approximate surface area is 100.0 Å². The molecule has 0 radical (unpaired) electrons. The lowest BCUT2D eigenvalue weighted by atomic mass is 10.2. The standard InChI is InChI=1S/C11H15NO3S/c1-14-10-7-8(11(12)16)3-4-9(10)15-6-2-5-13/h3-4,7,13H,2,5-6H2,1H3,(H2,12,16). The van der Waals surface area contributed by atoms with Gasteiger partial charge in [-0.25, -0.2) is 0 Å². The molecule has 0 saturated carbocycles. The van der Waals surface area contributed by atoms with Gasteiger partial charge in [-0.1, -0.05) is 12.2 Å². The van der Waals surface area contributed by atoms with Crippen LogP contribution in [0.2, 0.25) is 0 Å². The van der Waals surface area contributed by atoms with Crippen molar-refractivity contribution < 1.29 is 14.6 Å². The third kappa shape index (κ3) is 3.36. The molecule has 0 aliphatic rings. The van der Waals surface area contributed by atoms with E-state index in [1.807, 2.05) is 0 Å². The molecule has 0 heterocycles. The van der Waals surface area contributed by atoms with Crippen molar-refractivity contribution >= 4 is 17.2 Å². The second kappa shape index (κ2) is 6.30. The van der Waals surface area contributed by atoms with Gasteiger partial charge in [0.25, 0.3) is 0 Å². The van der Waals surface area contributed by atoms with E-state index in [0.29, 0.717) is 29.5 Å². The molecular weight excluding hydrogens is 226 g/mol. The summed E-state index contributed by atoms with van der Waals surface area (Å²) >= 11 is 4.87. The van der Waals surface area contributed by atoms with Gasteiger partial charge in [0.2, 0.25) is 0 Å². The van der Waals surface area contributed by atoms with Crippen LogP contribution in [0.1, 0.15) is 12.0 Å². The van der Waals surface area contributed by atoms with E-state index in [4.69, 9.17) is 32.5 Å². The normalized spacial score (nSPS) is 9.88. The van der Waals surface area contributed by atoms with Crippen molar-refractivity contribution in [1.29, 1.82) is 0 Å². The minimum absolute atomic E-state index is 0.104. The third-order valence-corrected chi connectivity index (χ3v) is 2.24. The lowest BCUT2D eigenvalue weighted by Crippen LogP contribution is -2.09. The summed E-state index contributed by atoms with van der Waals surface area (Å²) in [7, 11) is 1.55. The van der Waals surface area contributed by atoms with Gasteiger partial charge in [0.15, 0.2) is 11.5 Å². The molecule has 16 heavy (non-hydrogen) atoms. The summed E-state index contributed by atoms with van der Waals surface area (Å²) in [6.45, 7) is 0.548. The van der Waals surface area contributed by atoms with E-state index in [0.717, 1.165) is 5.56 Å². The number of methoxy groups -OCH3 is 1. The highest BCUT2D eigenvalue weighted by Gasteiger charge is 2.06. The zero-order valence-electron chi connectivity index (χ0n) is 9.10. The third-order valence-electron chi connectivity index (χ3n) is 2.01. The predicted octanol–water partition coefficient (Wildman–Crippen LogP) is 1.09. The number of hydrogen-bond acceptors (Lipinski definition) is 4. The quantitative estimate of drug-likeness (QED) is 0.576. The van der Waals surface area contributed by atoms with Crippen LogP contribution in [0.5, 0.6) is 11.5 Å². The molecule has 0 amide bonds. The van der Waals surface area contributed by atoms with Crippen LogP contribution in [0.25, 0.3) is 0 Å². The van der Waals surface area contributed by atoms with Gasteiger partial charge in [0, 0.05) is 18.6 Å². The lowest BCUT2D eigenvalue weighted by molar-refractivity contribution is 0.228. The van der Waals surface area contributed by atoms with Gasteiger partial charge in [0.1, 0.15) is 4.99 Å². The highest BCUT2D eigenvalue weighted by molar-refractivity contribution is 7.80. The fraction of sp³-hybridized carbons (Fsp3) is 0.364. The Morgan fingerprint density at radius 1 is 1.44 bits per heavy atom. The van der Waals surface area contributed by atoms with Gasteiger partial charge in [-0.15, -0.1) is 0 Å². The molecule has 0 aliphatic carbocycles. The van der Waals surface area contributed by atoms with E-state index in [2.05, 4.69) is 0 Å². The van der Waals surface area contributed by atoms with E-state index >= 15 is 0 Å². The Morgan fingerprint density at radius 3 is 2.75 bits per heavy atom. The molecule has 0 unspecified atom stereocenters. The maximum atomic E-state index is 8.64. The van der Waals surface area contributed by atoms with Crippen molar-refractivity contribution in [2.24, 2.45) is 5.73 Å². The number of rotatable bonds is 6. The van der Waals surface area contributed by atoms with E-state index in [1.165, 1.54) is 0 Å². The molecule has 0 aromatic heterocycles. The molecule has 0 saturated heterocycles. The predicted molar refractivity (Wildman–Crippen MR) is 66.1 cm³/mol. The van der Waals surface area contributed by atoms with E-state index in [1.54, 1.807) is 25.3 Å². The molecule has 0 bridgehead atoms. The summed E-state index contributed by atoms with van der Waals surface area (Å²) in [6.07, 6.45) is 0.584. The van der Waals surface area contributed by atoms with Crippen molar-refractivity contribution in [3.63, 3.8) is 0 Å². The largest absolute Gasteiger partial charge is 0.493 e. The summed E-state index contributed by atoms with van der Waals surface area (Å²) in [4.78, 5) is 0.320. The molecule has 88 valence electrons. The maximum absolute atomic E-state index is 8.64. The van der Waals surface area contributed by atoms with Crippen molar-refractivity contribution in [2.75, 3.05) is 20.3 Å². The SMILES string of the molecule is COc1cc(C(N)=S)ccc1OCCCO. The fourth-order valence-corrected chi connectivity index (χ4v) is 1.31. The molecule has 3 N–H and O–H groups in total. The van der Waals surface area contributed by atoms with Crippen LogP contribution in [0.15, 0.2) is 18.2 Å². The summed E-state index contributed by atoms with van der Waals surface area (Å²) in [6, 6.07) is 5.26. The highest BCUT2D eigenvalue weighted by atomic mass is 32.1. The van der Waals surface area contributed by atoms with Crippen molar-refractivity contribution in [3.8, 4) is 11.5 Å². The Balaban J connectivity index is 2.80. The van der Waals surface area contributed by atoms with Crippen LogP contribution in [0.3, 0.4) is 0 Å². The van der Waals surface area contributed by atoms with Crippen LogP contribution in [0, 0.1) is 0 Å².